The molecular weight excluding hydrogens is 711 g/mol. The maximum Gasteiger partial charge on any atom is 0.0624 e. The zero-order valence-corrected chi connectivity index (χ0v) is 32.5. The third-order valence-corrected chi connectivity index (χ3v) is 11.8. The predicted molar refractivity (Wildman–Crippen MR) is 253 cm³/mol. The largest absolute Gasteiger partial charge is 0.309 e. The molecule has 11 aromatic rings. The van der Waals surface area contributed by atoms with Gasteiger partial charge in [-0.1, -0.05) is 206 Å². The van der Waals surface area contributed by atoms with Gasteiger partial charge in [-0.15, -0.1) is 0 Å². The molecule has 0 aliphatic rings. The Morgan fingerprint density at radius 3 is 1.22 bits per heavy atom. The number of anilines is 3. The van der Waals surface area contributed by atoms with Crippen molar-refractivity contribution in [1.82, 2.24) is 0 Å². The van der Waals surface area contributed by atoms with Crippen molar-refractivity contribution in [2.45, 2.75) is 0 Å². The van der Waals surface area contributed by atoms with Crippen LogP contribution in [0.3, 0.4) is 0 Å². The van der Waals surface area contributed by atoms with E-state index in [-0.39, 0.29) is 0 Å². The van der Waals surface area contributed by atoms with Gasteiger partial charge in [0.1, 0.15) is 0 Å². The van der Waals surface area contributed by atoms with Gasteiger partial charge in [-0.25, -0.2) is 0 Å². The summed E-state index contributed by atoms with van der Waals surface area (Å²) >= 11 is 0. The van der Waals surface area contributed by atoms with E-state index < -0.39 is 0 Å². The summed E-state index contributed by atoms with van der Waals surface area (Å²) in [4.78, 5) is 2.49. The molecule has 276 valence electrons. The first-order chi connectivity index (χ1) is 29.3. The van der Waals surface area contributed by atoms with Gasteiger partial charge in [0.05, 0.1) is 5.69 Å². The lowest BCUT2D eigenvalue weighted by atomic mass is 9.88. The highest BCUT2D eigenvalue weighted by Crippen LogP contribution is 2.50. The predicted octanol–water partition coefficient (Wildman–Crippen LogP) is 16.4. The van der Waals surface area contributed by atoms with Crippen LogP contribution in [0, 0.1) is 0 Å². The maximum atomic E-state index is 2.49. The molecule has 1 nitrogen and oxygen atoms in total. The van der Waals surface area contributed by atoms with Gasteiger partial charge in [-0.05, 0) is 107 Å². The van der Waals surface area contributed by atoms with Gasteiger partial charge in [-0.3, -0.25) is 0 Å². The first-order valence-corrected chi connectivity index (χ1v) is 20.3. The Labute approximate surface area is 344 Å². The molecule has 0 N–H and O–H groups in total. The highest BCUT2D eigenvalue weighted by molar-refractivity contribution is 6.22. The fourth-order valence-electron chi connectivity index (χ4n) is 9.07. The third kappa shape index (κ3) is 6.12. The molecule has 0 spiro atoms. The zero-order chi connectivity index (χ0) is 39.1. The number of nitrogens with zero attached hydrogens (tertiary/aromatic N) is 1. The minimum atomic E-state index is 1.09. The van der Waals surface area contributed by atoms with Crippen LogP contribution in [0.5, 0.6) is 0 Å². The SMILES string of the molecule is c1ccc(-c2cccc(-c3c(N(c4ccc(-c5cccc6ccccc56)cc4)c4ccc(-c5cccc6ccccc56)cc4)c4ccccc4c4ccccc34)c2)cc1. The molecule has 59 heavy (non-hydrogen) atoms. The Morgan fingerprint density at radius 1 is 0.237 bits per heavy atom. The fourth-order valence-corrected chi connectivity index (χ4v) is 9.07. The van der Waals surface area contributed by atoms with Crippen LogP contribution in [-0.2, 0) is 0 Å². The number of benzene rings is 11. The Hall–Kier alpha value is -7.74. The van der Waals surface area contributed by atoms with Crippen LogP contribution >= 0.6 is 0 Å². The van der Waals surface area contributed by atoms with Crippen molar-refractivity contribution in [3.8, 4) is 44.5 Å². The van der Waals surface area contributed by atoms with Gasteiger partial charge in [0.15, 0.2) is 0 Å². The number of fused-ring (bicyclic) bond motifs is 5. The van der Waals surface area contributed by atoms with Crippen molar-refractivity contribution in [2.24, 2.45) is 0 Å². The van der Waals surface area contributed by atoms with Crippen LogP contribution < -0.4 is 4.90 Å². The summed E-state index contributed by atoms with van der Waals surface area (Å²) < 4.78 is 0. The number of hydrogen-bond acceptors (Lipinski definition) is 1. The van der Waals surface area contributed by atoms with Gasteiger partial charge >= 0.3 is 0 Å². The van der Waals surface area contributed by atoms with Crippen molar-refractivity contribution in [3.05, 3.63) is 237 Å². The van der Waals surface area contributed by atoms with E-state index in [0.29, 0.717) is 0 Å². The van der Waals surface area contributed by atoms with E-state index in [2.05, 4.69) is 241 Å². The smallest absolute Gasteiger partial charge is 0.0624 e. The van der Waals surface area contributed by atoms with Gasteiger partial charge in [0.2, 0.25) is 0 Å². The number of hydrogen-bond donors (Lipinski definition) is 0. The van der Waals surface area contributed by atoms with E-state index in [1.54, 1.807) is 0 Å². The molecule has 0 heterocycles. The number of rotatable bonds is 7. The molecule has 0 fully saturated rings. The van der Waals surface area contributed by atoms with E-state index in [4.69, 9.17) is 0 Å². The standard InChI is InChI=1S/C58H39N/c1-2-15-40(16-3-1)45-21-12-22-46(39-45)57-55-27-10-8-25-53(55)54-26-9-11-28-56(54)58(57)59(47-35-31-43(32-36-47)51-29-13-19-41-17-4-6-23-49(41)51)48-37-33-44(34-38-48)52-30-14-20-42-18-5-7-24-50(42)52/h1-39H. The average molecular weight is 750 g/mol. The molecule has 11 rings (SSSR count). The Bertz CT molecular complexity index is 3170. The molecule has 0 unspecified atom stereocenters. The lowest BCUT2D eigenvalue weighted by molar-refractivity contribution is 1.30. The monoisotopic (exact) mass is 749 g/mol. The quantitative estimate of drug-likeness (QED) is 0.147. The minimum absolute atomic E-state index is 1.09. The molecule has 0 radical (unpaired) electrons. The molecule has 1 heteroatoms. The second-order valence-corrected chi connectivity index (χ2v) is 15.2. The average Bonchev–Trinajstić information content (AvgIpc) is 3.32. The molecule has 0 amide bonds. The zero-order valence-electron chi connectivity index (χ0n) is 32.5. The van der Waals surface area contributed by atoms with Crippen molar-refractivity contribution in [2.75, 3.05) is 4.90 Å². The van der Waals surface area contributed by atoms with Crippen LogP contribution in [0.4, 0.5) is 17.1 Å². The van der Waals surface area contributed by atoms with Crippen LogP contribution in [0.15, 0.2) is 237 Å². The highest BCUT2D eigenvalue weighted by Gasteiger charge is 2.24. The Kier molecular flexibility index (Phi) is 8.56. The molecule has 0 saturated carbocycles. The van der Waals surface area contributed by atoms with E-state index in [9.17, 15) is 0 Å². The topological polar surface area (TPSA) is 3.24 Å². The summed E-state index contributed by atoms with van der Waals surface area (Å²) in [5.74, 6) is 0. The molecule has 0 bridgehead atoms. The van der Waals surface area contributed by atoms with Crippen molar-refractivity contribution >= 4 is 60.2 Å². The Balaban J connectivity index is 1.17. The van der Waals surface area contributed by atoms with Gasteiger partial charge in [0.25, 0.3) is 0 Å². The van der Waals surface area contributed by atoms with Crippen molar-refractivity contribution in [3.63, 3.8) is 0 Å². The normalized spacial score (nSPS) is 11.4. The molecule has 0 aromatic heterocycles. The maximum absolute atomic E-state index is 2.49. The second-order valence-electron chi connectivity index (χ2n) is 15.2. The van der Waals surface area contributed by atoms with E-state index in [1.807, 2.05) is 0 Å². The van der Waals surface area contributed by atoms with Gasteiger partial charge < -0.3 is 4.90 Å². The summed E-state index contributed by atoms with van der Waals surface area (Å²) in [6, 6.07) is 86.4. The highest BCUT2D eigenvalue weighted by atomic mass is 15.1. The van der Waals surface area contributed by atoms with Crippen LogP contribution in [0.1, 0.15) is 0 Å². The lowest BCUT2D eigenvalue weighted by Crippen LogP contribution is -2.12. The van der Waals surface area contributed by atoms with Gasteiger partial charge in [-0.2, -0.15) is 0 Å². The van der Waals surface area contributed by atoms with Crippen molar-refractivity contribution < 1.29 is 0 Å². The third-order valence-electron chi connectivity index (χ3n) is 11.8. The van der Waals surface area contributed by atoms with Crippen LogP contribution in [0.2, 0.25) is 0 Å². The van der Waals surface area contributed by atoms with E-state index >= 15 is 0 Å². The first kappa shape index (κ1) is 34.5. The van der Waals surface area contributed by atoms with Gasteiger partial charge in [0, 0.05) is 22.3 Å². The molecule has 0 aliphatic heterocycles. The summed E-state index contributed by atoms with van der Waals surface area (Å²) in [5.41, 5.74) is 12.9. The fraction of sp³-hybridized carbons (Fsp3) is 0. The first-order valence-electron chi connectivity index (χ1n) is 20.3. The minimum Gasteiger partial charge on any atom is -0.309 e. The summed E-state index contributed by atoms with van der Waals surface area (Å²) in [6.45, 7) is 0. The molecule has 0 aliphatic carbocycles. The second kappa shape index (κ2) is 14.6. The lowest BCUT2D eigenvalue weighted by Gasteiger charge is -2.31. The van der Waals surface area contributed by atoms with E-state index in [0.717, 1.165) is 17.1 Å². The Morgan fingerprint density at radius 2 is 0.644 bits per heavy atom. The summed E-state index contributed by atoms with van der Waals surface area (Å²) in [7, 11) is 0. The van der Waals surface area contributed by atoms with Crippen LogP contribution in [0.25, 0.3) is 87.6 Å². The molecule has 0 saturated heterocycles. The summed E-state index contributed by atoms with van der Waals surface area (Å²) in [6.07, 6.45) is 0. The van der Waals surface area contributed by atoms with Crippen LogP contribution in [-0.4, -0.2) is 0 Å². The molecular formula is C58H39N. The van der Waals surface area contributed by atoms with Crippen molar-refractivity contribution in [1.29, 1.82) is 0 Å². The molecule has 11 aromatic carbocycles. The summed E-state index contributed by atoms with van der Waals surface area (Å²) in [5, 5.41) is 9.88. The molecule has 0 atom stereocenters. The van der Waals surface area contributed by atoms with E-state index in [1.165, 1.54) is 87.6 Å².